The van der Waals surface area contributed by atoms with Crippen molar-refractivity contribution >= 4 is 11.6 Å². The Labute approximate surface area is 160 Å². The lowest BCUT2D eigenvalue weighted by molar-refractivity contribution is -0.122. The number of anilines is 1. The lowest BCUT2D eigenvalue weighted by Gasteiger charge is -2.32. The fourth-order valence-corrected chi connectivity index (χ4v) is 4.29. The second-order valence-electron chi connectivity index (χ2n) is 8.11. The van der Waals surface area contributed by atoms with Crippen LogP contribution in [0.1, 0.15) is 32.1 Å². The molecular weight excluding hydrogens is 340 g/mol. The summed E-state index contributed by atoms with van der Waals surface area (Å²) < 4.78 is 8.03. The first-order chi connectivity index (χ1) is 13.1. The minimum Gasteiger partial charge on any atom is -0.371 e. The minimum atomic E-state index is -0.0166. The summed E-state index contributed by atoms with van der Waals surface area (Å²) in [5.74, 6) is 1.15. The number of carbonyl (C=O) groups is 1. The summed E-state index contributed by atoms with van der Waals surface area (Å²) in [4.78, 5) is 21.5. The second-order valence-corrected chi connectivity index (χ2v) is 8.11. The zero-order valence-electron chi connectivity index (χ0n) is 16.2. The van der Waals surface area contributed by atoms with Gasteiger partial charge in [0.1, 0.15) is 12.4 Å². The van der Waals surface area contributed by atoms with Crippen LogP contribution in [0, 0.1) is 5.41 Å². The molecule has 2 aliphatic heterocycles. The van der Waals surface area contributed by atoms with E-state index in [-0.39, 0.29) is 17.9 Å². The maximum Gasteiger partial charge on any atom is 0.252 e. The van der Waals surface area contributed by atoms with E-state index < -0.39 is 0 Å². The van der Waals surface area contributed by atoms with Crippen LogP contribution in [0.5, 0.6) is 0 Å². The first-order valence-corrected chi connectivity index (χ1v) is 9.74. The zero-order valence-corrected chi connectivity index (χ0v) is 16.2. The summed E-state index contributed by atoms with van der Waals surface area (Å²) in [7, 11) is 0. The zero-order chi connectivity index (χ0) is 18.9. The summed E-state index contributed by atoms with van der Waals surface area (Å²) in [6.45, 7) is 8.64. The van der Waals surface area contributed by atoms with Gasteiger partial charge in [0.15, 0.2) is 0 Å². The average molecular weight is 368 g/mol. The van der Waals surface area contributed by atoms with Crippen molar-refractivity contribution in [2.24, 2.45) is 5.41 Å². The quantitative estimate of drug-likeness (QED) is 0.833. The molecule has 1 spiro atoms. The first-order valence-electron chi connectivity index (χ1n) is 9.74. The molecule has 27 heavy (non-hydrogen) atoms. The van der Waals surface area contributed by atoms with Gasteiger partial charge in [-0.3, -0.25) is 9.69 Å². The first kappa shape index (κ1) is 18.2. The Kier molecular flexibility index (Phi) is 5.02. The van der Waals surface area contributed by atoms with Gasteiger partial charge in [-0.25, -0.2) is 4.98 Å². The molecule has 4 rings (SSSR count). The largest absolute Gasteiger partial charge is 0.371 e. The Morgan fingerprint density at radius 2 is 2.04 bits per heavy atom. The molecular formula is C21H28N4O2. The fourth-order valence-electron chi connectivity index (χ4n) is 4.29. The highest BCUT2D eigenvalue weighted by Crippen LogP contribution is 2.35. The van der Waals surface area contributed by atoms with Crippen molar-refractivity contribution in [1.29, 1.82) is 0 Å². The number of hydrogen-bond acceptors (Lipinski definition) is 4. The molecule has 144 valence electrons. The van der Waals surface area contributed by atoms with Crippen LogP contribution in [0.2, 0.25) is 0 Å². The van der Waals surface area contributed by atoms with Crippen molar-refractivity contribution in [3.8, 4) is 0 Å². The Morgan fingerprint density at radius 1 is 1.22 bits per heavy atom. The monoisotopic (exact) mass is 368 g/mol. The van der Waals surface area contributed by atoms with Crippen LogP contribution < -0.4 is 4.90 Å². The van der Waals surface area contributed by atoms with Crippen LogP contribution in [0.15, 0.2) is 42.7 Å². The molecule has 2 aliphatic rings. The molecule has 6 nitrogen and oxygen atoms in total. The van der Waals surface area contributed by atoms with E-state index in [1.165, 1.54) is 0 Å². The molecule has 0 radical (unpaired) electrons. The maximum absolute atomic E-state index is 12.6. The number of nitrogens with zero attached hydrogens (tertiary/aromatic N) is 4. The van der Waals surface area contributed by atoms with Gasteiger partial charge in [0, 0.05) is 42.6 Å². The number of benzene rings is 1. The van der Waals surface area contributed by atoms with E-state index in [0.29, 0.717) is 19.2 Å². The molecule has 0 saturated carbocycles. The predicted molar refractivity (Wildman–Crippen MR) is 105 cm³/mol. The summed E-state index contributed by atoms with van der Waals surface area (Å²) in [6, 6.07) is 10.4. The number of imidazole rings is 1. The molecule has 1 aromatic carbocycles. The van der Waals surface area contributed by atoms with Gasteiger partial charge in [0.25, 0.3) is 5.91 Å². The van der Waals surface area contributed by atoms with Crippen molar-refractivity contribution in [3.63, 3.8) is 0 Å². The Balaban J connectivity index is 1.50. The summed E-state index contributed by atoms with van der Waals surface area (Å²) in [5.41, 5.74) is 0.943. The smallest absolute Gasteiger partial charge is 0.252 e. The van der Waals surface area contributed by atoms with Gasteiger partial charge in [-0.1, -0.05) is 18.2 Å². The Morgan fingerprint density at radius 3 is 2.81 bits per heavy atom. The second kappa shape index (κ2) is 7.44. The van der Waals surface area contributed by atoms with Crippen LogP contribution in [0.25, 0.3) is 0 Å². The Hall–Kier alpha value is -2.18. The Bertz CT molecular complexity index is 788. The van der Waals surface area contributed by atoms with Crippen LogP contribution >= 0.6 is 0 Å². The van der Waals surface area contributed by atoms with Crippen LogP contribution in [0.4, 0.5) is 5.69 Å². The van der Waals surface area contributed by atoms with Crippen molar-refractivity contribution in [3.05, 3.63) is 48.5 Å². The lowest BCUT2D eigenvalue weighted by Crippen LogP contribution is -2.42. The van der Waals surface area contributed by atoms with E-state index in [1.807, 2.05) is 41.4 Å². The fraction of sp³-hybridized carbons (Fsp3) is 0.524. The van der Waals surface area contributed by atoms with Crippen LogP contribution in [-0.4, -0.2) is 53.2 Å². The lowest BCUT2D eigenvalue weighted by atomic mass is 9.87. The summed E-state index contributed by atoms with van der Waals surface area (Å²) >= 11 is 0. The van der Waals surface area contributed by atoms with E-state index in [1.54, 1.807) is 0 Å². The molecule has 1 unspecified atom stereocenters. The third-order valence-electron chi connectivity index (χ3n) is 5.68. The molecule has 6 heteroatoms. The summed E-state index contributed by atoms with van der Waals surface area (Å²) in [6.07, 6.45) is 4.97. The van der Waals surface area contributed by atoms with Gasteiger partial charge < -0.3 is 14.2 Å². The van der Waals surface area contributed by atoms with E-state index in [0.717, 1.165) is 37.6 Å². The number of amides is 1. The van der Waals surface area contributed by atoms with E-state index >= 15 is 0 Å². The maximum atomic E-state index is 12.6. The molecule has 2 aromatic rings. The molecule has 1 aromatic heterocycles. The topological polar surface area (TPSA) is 50.6 Å². The number of ether oxygens (including phenoxy) is 1. The summed E-state index contributed by atoms with van der Waals surface area (Å²) in [5, 5.41) is 0. The van der Waals surface area contributed by atoms with E-state index in [4.69, 9.17) is 4.74 Å². The van der Waals surface area contributed by atoms with Gasteiger partial charge in [0.2, 0.25) is 0 Å². The molecule has 0 N–H and O–H groups in total. The van der Waals surface area contributed by atoms with Crippen LogP contribution in [-0.2, 0) is 16.1 Å². The van der Waals surface area contributed by atoms with Crippen molar-refractivity contribution in [2.45, 2.75) is 32.9 Å². The van der Waals surface area contributed by atoms with Gasteiger partial charge >= 0.3 is 0 Å². The highest BCUT2D eigenvalue weighted by Gasteiger charge is 2.43. The normalized spacial score (nSPS) is 24.1. The number of rotatable bonds is 4. The van der Waals surface area contributed by atoms with Crippen molar-refractivity contribution in [2.75, 3.05) is 37.7 Å². The van der Waals surface area contributed by atoms with Crippen molar-refractivity contribution in [1.82, 2.24) is 14.5 Å². The molecule has 0 bridgehead atoms. The van der Waals surface area contributed by atoms with Gasteiger partial charge in [-0.05, 0) is 38.9 Å². The van der Waals surface area contributed by atoms with Gasteiger partial charge in [-0.2, -0.15) is 0 Å². The highest BCUT2D eigenvalue weighted by atomic mass is 16.5. The number of aromatic nitrogens is 2. The SMILES string of the molecule is CC(C)n1ccnc1CN1CCC2(COCC(=O)N(c3ccccc3)C2)C1. The van der Waals surface area contributed by atoms with Crippen LogP contribution in [0.3, 0.4) is 0 Å². The molecule has 0 aliphatic carbocycles. The number of carbonyl (C=O) groups excluding carboxylic acids is 1. The molecule has 3 heterocycles. The van der Waals surface area contributed by atoms with E-state index in [9.17, 15) is 4.79 Å². The minimum absolute atomic E-state index is 0.0166. The van der Waals surface area contributed by atoms with Gasteiger partial charge in [0.05, 0.1) is 13.2 Å². The number of hydrogen-bond donors (Lipinski definition) is 0. The van der Waals surface area contributed by atoms with Crippen molar-refractivity contribution < 1.29 is 9.53 Å². The number of likely N-dealkylation sites (tertiary alicyclic amines) is 1. The molecule has 1 amide bonds. The average Bonchev–Trinajstić information content (AvgIpc) is 3.24. The number of para-hydroxylation sites is 1. The molecule has 2 fully saturated rings. The highest BCUT2D eigenvalue weighted by molar-refractivity contribution is 5.94. The van der Waals surface area contributed by atoms with Gasteiger partial charge in [-0.15, -0.1) is 0 Å². The third kappa shape index (κ3) is 3.77. The third-order valence-corrected chi connectivity index (χ3v) is 5.68. The van der Waals surface area contributed by atoms with E-state index in [2.05, 4.69) is 34.5 Å². The molecule has 2 saturated heterocycles. The standard InChI is InChI=1S/C21H28N4O2/c1-17(2)24-11-9-22-19(24)12-23-10-8-21(14-23)15-25(20(26)13-27-16-21)18-6-4-3-5-7-18/h3-7,9,11,17H,8,10,12-16H2,1-2H3. The molecule has 1 atom stereocenters. The predicted octanol–water partition coefficient (Wildman–Crippen LogP) is 2.72.